The van der Waals surface area contributed by atoms with Gasteiger partial charge >= 0.3 is 6.09 Å². The highest BCUT2D eigenvalue weighted by molar-refractivity contribution is 5.76. The molecule has 196 valence electrons. The van der Waals surface area contributed by atoms with E-state index in [4.69, 9.17) is 9.47 Å². The molecule has 0 saturated carbocycles. The zero-order valence-electron chi connectivity index (χ0n) is 23.2. The number of hydrogen-bond acceptors (Lipinski definition) is 3. The van der Waals surface area contributed by atoms with Gasteiger partial charge in [-0.2, -0.15) is 0 Å². The predicted molar refractivity (Wildman–Crippen MR) is 147 cm³/mol. The molecule has 1 amide bonds. The van der Waals surface area contributed by atoms with E-state index in [0.717, 1.165) is 33.4 Å². The van der Waals surface area contributed by atoms with Crippen molar-refractivity contribution in [3.05, 3.63) is 87.7 Å². The van der Waals surface area contributed by atoms with Gasteiger partial charge in [-0.15, -0.1) is 0 Å². The number of benzene rings is 3. The third kappa shape index (κ3) is 5.36. The highest BCUT2D eigenvalue weighted by Gasteiger charge is 2.40. The first-order valence-corrected chi connectivity index (χ1v) is 13.1. The lowest BCUT2D eigenvalue weighted by molar-refractivity contribution is 0.130. The van der Waals surface area contributed by atoms with Crippen LogP contribution in [0, 0.1) is 19.7 Å². The number of nitrogens with zero attached hydrogens (tertiary/aromatic N) is 1. The maximum absolute atomic E-state index is 14.8. The number of methoxy groups -OCH3 is 1. The molecule has 37 heavy (non-hydrogen) atoms. The van der Waals surface area contributed by atoms with Gasteiger partial charge in [0.1, 0.15) is 17.7 Å². The summed E-state index contributed by atoms with van der Waals surface area (Å²) in [4.78, 5) is 14.9. The lowest BCUT2D eigenvalue weighted by Gasteiger charge is -2.24. The van der Waals surface area contributed by atoms with Crippen molar-refractivity contribution in [2.75, 3.05) is 7.11 Å². The molecule has 0 N–H and O–H groups in total. The molecule has 4 nitrogen and oxygen atoms in total. The molecule has 5 heteroatoms. The van der Waals surface area contributed by atoms with Gasteiger partial charge in [0, 0.05) is 11.6 Å². The van der Waals surface area contributed by atoms with E-state index in [9.17, 15) is 9.18 Å². The highest BCUT2D eigenvalue weighted by atomic mass is 19.1. The number of carbonyl (C=O) groups excluding carboxylic acids is 1. The van der Waals surface area contributed by atoms with Crippen LogP contribution in [-0.4, -0.2) is 24.1 Å². The smallest absolute Gasteiger partial charge is 0.411 e. The van der Waals surface area contributed by atoms with Crippen LogP contribution in [0.2, 0.25) is 0 Å². The van der Waals surface area contributed by atoms with Crippen molar-refractivity contribution in [2.45, 2.75) is 79.0 Å². The molecule has 1 aliphatic rings. The molecule has 1 saturated heterocycles. The molecule has 3 aromatic carbocycles. The minimum atomic E-state index is -0.337. The van der Waals surface area contributed by atoms with Gasteiger partial charge in [-0.1, -0.05) is 75.2 Å². The van der Waals surface area contributed by atoms with E-state index in [1.807, 2.05) is 26.8 Å². The second-order valence-corrected chi connectivity index (χ2v) is 10.9. The summed E-state index contributed by atoms with van der Waals surface area (Å²) >= 11 is 0. The second-order valence-electron chi connectivity index (χ2n) is 10.9. The van der Waals surface area contributed by atoms with E-state index in [1.165, 1.54) is 11.6 Å². The zero-order valence-corrected chi connectivity index (χ0v) is 23.2. The van der Waals surface area contributed by atoms with E-state index in [1.54, 1.807) is 12.0 Å². The first-order chi connectivity index (χ1) is 17.5. The molecule has 1 fully saturated rings. The third-order valence-electron chi connectivity index (χ3n) is 7.33. The fourth-order valence-electron chi connectivity index (χ4n) is 5.28. The highest BCUT2D eigenvalue weighted by Crippen LogP contribution is 2.40. The van der Waals surface area contributed by atoms with E-state index < -0.39 is 0 Å². The number of aryl methyl sites for hydroxylation is 2. The van der Waals surface area contributed by atoms with E-state index in [-0.39, 0.29) is 30.0 Å². The number of hydrogen-bond donors (Lipinski definition) is 0. The van der Waals surface area contributed by atoms with Crippen molar-refractivity contribution in [1.82, 2.24) is 4.90 Å². The summed E-state index contributed by atoms with van der Waals surface area (Å²) in [5.74, 6) is 0.546. The summed E-state index contributed by atoms with van der Waals surface area (Å²) in [6.45, 7) is 14.8. The fourth-order valence-corrected chi connectivity index (χ4v) is 5.28. The van der Waals surface area contributed by atoms with E-state index >= 15 is 0 Å². The zero-order chi connectivity index (χ0) is 27.0. The fraction of sp³-hybridized carbons (Fsp3) is 0.406. The lowest BCUT2D eigenvalue weighted by Crippen LogP contribution is -2.31. The largest absolute Gasteiger partial charge is 0.496 e. The topological polar surface area (TPSA) is 38.8 Å². The first kappa shape index (κ1) is 26.7. The number of cyclic esters (lactones) is 1. The molecule has 4 rings (SSSR count). The molecule has 2 atom stereocenters. The SMILES string of the molecule is COc1cc(F)c(C(C)C)cc1-c1ccc(C(C)C)cc1CN1C(=O)OC(c2cc(C)cc(C)c2)C1C. The average molecular weight is 504 g/mol. The van der Waals surface area contributed by atoms with Crippen molar-refractivity contribution < 1.29 is 18.7 Å². The molecule has 2 unspecified atom stereocenters. The maximum atomic E-state index is 14.8. The van der Waals surface area contributed by atoms with Crippen LogP contribution in [0.25, 0.3) is 11.1 Å². The van der Waals surface area contributed by atoms with Crippen LogP contribution < -0.4 is 4.74 Å². The van der Waals surface area contributed by atoms with Gasteiger partial charge in [0.25, 0.3) is 0 Å². The van der Waals surface area contributed by atoms with Crippen molar-refractivity contribution in [2.24, 2.45) is 0 Å². The van der Waals surface area contributed by atoms with Crippen LogP contribution >= 0.6 is 0 Å². The lowest BCUT2D eigenvalue weighted by atomic mass is 9.90. The number of ether oxygens (including phenoxy) is 2. The quantitative estimate of drug-likeness (QED) is 0.325. The van der Waals surface area contributed by atoms with Crippen molar-refractivity contribution in [3.8, 4) is 16.9 Å². The van der Waals surface area contributed by atoms with Crippen LogP contribution in [0.3, 0.4) is 0 Å². The number of carbonyl (C=O) groups is 1. The number of amides is 1. The Bertz CT molecular complexity index is 1290. The Morgan fingerprint density at radius 2 is 1.62 bits per heavy atom. The number of halogens is 1. The Morgan fingerprint density at radius 3 is 2.22 bits per heavy atom. The number of rotatable bonds is 7. The standard InChI is InChI=1S/C32H38FNO3/c1-18(2)23-9-10-26(28-15-27(19(3)4)29(33)16-30(28)36-8)25(14-23)17-34-22(7)31(37-32(34)35)24-12-20(5)11-21(6)13-24/h9-16,18-19,22,31H,17H2,1-8H3. The van der Waals surface area contributed by atoms with Gasteiger partial charge in [0.2, 0.25) is 0 Å². The summed E-state index contributed by atoms with van der Waals surface area (Å²) in [5, 5.41) is 0. The Balaban J connectivity index is 1.78. The molecule has 0 radical (unpaired) electrons. The molecule has 0 bridgehead atoms. The summed E-state index contributed by atoms with van der Waals surface area (Å²) in [6.07, 6.45) is -0.665. The Hall–Kier alpha value is -3.34. The van der Waals surface area contributed by atoms with Crippen molar-refractivity contribution in [3.63, 3.8) is 0 Å². The van der Waals surface area contributed by atoms with Crippen LogP contribution in [-0.2, 0) is 11.3 Å². The maximum Gasteiger partial charge on any atom is 0.411 e. The Morgan fingerprint density at radius 1 is 0.946 bits per heavy atom. The second kappa shape index (κ2) is 10.6. The van der Waals surface area contributed by atoms with Crippen LogP contribution in [0.4, 0.5) is 9.18 Å². The van der Waals surface area contributed by atoms with Crippen LogP contribution in [0.15, 0.2) is 48.5 Å². The minimum absolute atomic E-state index is 0.0233. The molecule has 1 heterocycles. The van der Waals surface area contributed by atoms with Crippen LogP contribution in [0.5, 0.6) is 5.75 Å². The average Bonchev–Trinajstić information content (AvgIpc) is 3.11. The molecular weight excluding hydrogens is 465 g/mol. The van der Waals surface area contributed by atoms with Gasteiger partial charge in [-0.25, -0.2) is 9.18 Å². The van der Waals surface area contributed by atoms with E-state index in [0.29, 0.717) is 23.8 Å². The molecular formula is C32H38FNO3. The van der Waals surface area contributed by atoms with Crippen molar-refractivity contribution in [1.29, 1.82) is 0 Å². The first-order valence-electron chi connectivity index (χ1n) is 13.1. The summed E-state index contributed by atoms with van der Waals surface area (Å²) in [7, 11) is 1.56. The molecule has 0 aromatic heterocycles. The van der Waals surface area contributed by atoms with Gasteiger partial charge < -0.3 is 9.47 Å². The monoisotopic (exact) mass is 503 g/mol. The van der Waals surface area contributed by atoms with Gasteiger partial charge in [0.15, 0.2) is 0 Å². The summed E-state index contributed by atoms with van der Waals surface area (Å²) in [5.41, 5.74) is 7.85. The van der Waals surface area contributed by atoms with Gasteiger partial charge in [0.05, 0.1) is 19.7 Å². The Labute approximate surface area is 220 Å². The Kier molecular flexibility index (Phi) is 7.63. The molecule has 0 aliphatic carbocycles. The summed E-state index contributed by atoms with van der Waals surface area (Å²) in [6, 6.07) is 15.8. The molecule has 1 aliphatic heterocycles. The van der Waals surface area contributed by atoms with E-state index in [2.05, 4.69) is 64.1 Å². The van der Waals surface area contributed by atoms with Gasteiger partial charge in [-0.3, -0.25) is 4.90 Å². The minimum Gasteiger partial charge on any atom is -0.496 e. The van der Waals surface area contributed by atoms with Crippen LogP contribution in [0.1, 0.15) is 85.9 Å². The van der Waals surface area contributed by atoms with Crippen molar-refractivity contribution >= 4 is 6.09 Å². The third-order valence-corrected chi connectivity index (χ3v) is 7.33. The predicted octanol–water partition coefficient (Wildman–Crippen LogP) is 8.45. The normalized spacial score (nSPS) is 17.6. The van der Waals surface area contributed by atoms with Gasteiger partial charge in [-0.05, 0) is 66.5 Å². The molecule has 3 aromatic rings. The molecule has 0 spiro atoms. The summed E-state index contributed by atoms with van der Waals surface area (Å²) < 4.78 is 26.3.